The van der Waals surface area contributed by atoms with Crippen molar-refractivity contribution in [1.82, 2.24) is 0 Å². The Bertz CT molecular complexity index is 282. The largest absolute Gasteiger partial charge is 0.496 e. The average molecular weight is 222 g/mol. The number of methoxy groups -OCH3 is 1. The van der Waals surface area contributed by atoms with Crippen LogP contribution in [0, 0.1) is 0 Å². The van der Waals surface area contributed by atoms with Gasteiger partial charge in [-0.1, -0.05) is 65.7 Å². The third kappa shape index (κ3) is 5.20. The lowest BCUT2D eigenvalue weighted by Gasteiger charge is -2.21. The molecule has 0 aromatic heterocycles. The fraction of sp³-hybridized carbons (Fsp3) is 0.600. The average Bonchev–Trinajstić information content (AvgIpc) is 2.28. The second-order valence-electron chi connectivity index (χ2n) is 4.95. The molecular weight excluding hydrogens is 196 g/mol. The highest BCUT2D eigenvalue weighted by Crippen LogP contribution is 2.30. The van der Waals surface area contributed by atoms with Gasteiger partial charge in [0.25, 0.3) is 0 Å². The van der Waals surface area contributed by atoms with Crippen molar-refractivity contribution in [3.05, 3.63) is 29.8 Å². The van der Waals surface area contributed by atoms with Crippen molar-refractivity contribution >= 4 is 0 Å². The minimum absolute atomic E-state index is 0.159. The Hall–Kier alpha value is -0.980. The molecule has 0 aliphatic rings. The molecule has 0 N–H and O–H groups in total. The van der Waals surface area contributed by atoms with Crippen LogP contribution in [0.3, 0.4) is 0 Å². The molecule has 0 fully saturated rings. The van der Waals surface area contributed by atoms with Crippen LogP contribution < -0.4 is 4.74 Å². The standard InChI is InChI=1S/C11H16O.C4H10/c1-11(2,3)9-7-5-6-8-10(9)12-4;1-3-4-2/h5-8H,1-4H3;3-4H2,1-2H3. The van der Waals surface area contributed by atoms with Gasteiger partial charge in [0.15, 0.2) is 0 Å². The van der Waals surface area contributed by atoms with E-state index in [0.717, 1.165) is 5.75 Å². The molecular formula is C15H26O. The van der Waals surface area contributed by atoms with E-state index < -0.39 is 0 Å². The molecule has 1 nitrogen and oxygen atoms in total. The van der Waals surface area contributed by atoms with E-state index in [1.807, 2.05) is 18.2 Å². The summed E-state index contributed by atoms with van der Waals surface area (Å²) in [6.45, 7) is 10.9. The second-order valence-corrected chi connectivity index (χ2v) is 4.95. The van der Waals surface area contributed by atoms with E-state index in [-0.39, 0.29) is 5.41 Å². The maximum atomic E-state index is 5.27. The monoisotopic (exact) mass is 222 g/mol. The van der Waals surface area contributed by atoms with Gasteiger partial charge in [0.05, 0.1) is 7.11 Å². The van der Waals surface area contributed by atoms with Crippen molar-refractivity contribution in [1.29, 1.82) is 0 Å². The molecule has 1 rings (SSSR count). The van der Waals surface area contributed by atoms with E-state index in [2.05, 4.69) is 40.7 Å². The van der Waals surface area contributed by atoms with Crippen molar-refractivity contribution in [2.24, 2.45) is 0 Å². The van der Waals surface area contributed by atoms with Gasteiger partial charge in [0, 0.05) is 0 Å². The zero-order valence-electron chi connectivity index (χ0n) is 11.6. The van der Waals surface area contributed by atoms with Crippen LogP contribution in [0.25, 0.3) is 0 Å². The van der Waals surface area contributed by atoms with Crippen LogP contribution in [0.15, 0.2) is 24.3 Å². The molecule has 1 heteroatoms. The van der Waals surface area contributed by atoms with E-state index in [9.17, 15) is 0 Å². The Morgan fingerprint density at radius 2 is 1.50 bits per heavy atom. The normalized spacial score (nSPS) is 10.4. The number of unbranched alkanes of at least 4 members (excludes halogenated alkanes) is 1. The van der Waals surface area contributed by atoms with Gasteiger partial charge in [-0.15, -0.1) is 0 Å². The van der Waals surface area contributed by atoms with Crippen LogP contribution in [-0.4, -0.2) is 7.11 Å². The lowest BCUT2D eigenvalue weighted by Crippen LogP contribution is -2.12. The summed E-state index contributed by atoms with van der Waals surface area (Å²) in [6.07, 6.45) is 2.64. The molecule has 0 saturated heterocycles. The summed E-state index contributed by atoms with van der Waals surface area (Å²) in [5, 5.41) is 0. The highest BCUT2D eigenvalue weighted by atomic mass is 16.5. The molecule has 16 heavy (non-hydrogen) atoms. The van der Waals surface area contributed by atoms with E-state index in [1.165, 1.54) is 18.4 Å². The van der Waals surface area contributed by atoms with Crippen molar-refractivity contribution in [2.75, 3.05) is 7.11 Å². The quantitative estimate of drug-likeness (QED) is 0.698. The predicted octanol–water partition coefficient (Wildman–Crippen LogP) is 4.80. The summed E-state index contributed by atoms with van der Waals surface area (Å²) in [6, 6.07) is 8.15. The number of rotatable bonds is 2. The van der Waals surface area contributed by atoms with E-state index >= 15 is 0 Å². The molecule has 0 aliphatic carbocycles. The first-order chi connectivity index (χ1) is 7.47. The smallest absolute Gasteiger partial charge is 0.122 e. The molecule has 1 aromatic rings. The lowest BCUT2D eigenvalue weighted by molar-refractivity contribution is 0.397. The third-order valence-electron chi connectivity index (χ3n) is 2.41. The summed E-state index contributed by atoms with van der Waals surface area (Å²) in [5.74, 6) is 0.977. The number of hydrogen-bond acceptors (Lipinski definition) is 1. The maximum absolute atomic E-state index is 5.27. The van der Waals surface area contributed by atoms with Crippen molar-refractivity contribution in [3.63, 3.8) is 0 Å². The minimum Gasteiger partial charge on any atom is -0.496 e. The van der Waals surface area contributed by atoms with Crippen LogP contribution >= 0.6 is 0 Å². The maximum Gasteiger partial charge on any atom is 0.122 e. The molecule has 0 bridgehead atoms. The molecule has 1 aromatic carbocycles. The fourth-order valence-electron chi connectivity index (χ4n) is 1.26. The molecule has 0 saturated carbocycles. The SMILES string of the molecule is CCCC.COc1ccccc1C(C)(C)C. The Kier molecular flexibility index (Phi) is 6.87. The molecule has 0 radical (unpaired) electrons. The third-order valence-corrected chi connectivity index (χ3v) is 2.41. The first-order valence-electron chi connectivity index (χ1n) is 6.10. The van der Waals surface area contributed by atoms with Gasteiger partial charge in [-0.25, -0.2) is 0 Å². The van der Waals surface area contributed by atoms with Gasteiger partial charge in [-0.3, -0.25) is 0 Å². The topological polar surface area (TPSA) is 9.23 Å². The van der Waals surface area contributed by atoms with Crippen LogP contribution in [0.4, 0.5) is 0 Å². The summed E-state index contributed by atoms with van der Waals surface area (Å²) in [7, 11) is 1.71. The number of benzene rings is 1. The van der Waals surface area contributed by atoms with Crippen LogP contribution in [-0.2, 0) is 5.41 Å². The van der Waals surface area contributed by atoms with E-state index in [0.29, 0.717) is 0 Å². The number of hydrogen-bond donors (Lipinski definition) is 0. The zero-order chi connectivity index (χ0) is 12.6. The van der Waals surface area contributed by atoms with Gasteiger partial charge < -0.3 is 4.74 Å². The van der Waals surface area contributed by atoms with Gasteiger partial charge in [0.1, 0.15) is 5.75 Å². The summed E-state index contributed by atoms with van der Waals surface area (Å²) >= 11 is 0. The van der Waals surface area contributed by atoms with Gasteiger partial charge in [0.2, 0.25) is 0 Å². The highest BCUT2D eigenvalue weighted by molar-refractivity contribution is 5.38. The molecule has 0 spiro atoms. The van der Waals surface area contributed by atoms with Crippen molar-refractivity contribution in [2.45, 2.75) is 52.9 Å². The number of ether oxygens (including phenoxy) is 1. The number of para-hydroxylation sites is 1. The molecule has 0 atom stereocenters. The minimum atomic E-state index is 0.159. The van der Waals surface area contributed by atoms with Crippen molar-refractivity contribution in [3.8, 4) is 5.75 Å². The van der Waals surface area contributed by atoms with E-state index in [1.54, 1.807) is 7.11 Å². The predicted molar refractivity (Wildman–Crippen MR) is 72.3 cm³/mol. The zero-order valence-corrected chi connectivity index (χ0v) is 11.6. The highest BCUT2D eigenvalue weighted by Gasteiger charge is 2.17. The summed E-state index contributed by atoms with van der Waals surface area (Å²) in [5.41, 5.74) is 1.42. The first-order valence-corrected chi connectivity index (χ1v) is 6.10. The van der Waals surface area contributed by atoms with Gasteiger partial charge in [-0.05, 0) is 17.0 Å². The lowest BCUT2D eigenvalue weighted by atomic mass is 9.86. The summed E-state index contributed by atoms with van der Waals surface area (Å²) < 4.78 is 5.27. The van der Waals surface area contributed by atoms with Crippen molar-refractivity contribution < 1.29 is 4.74 Å². The van der Waals surface area contributed by atoms with Crippen LogP contribution in [0.2, 0.25) is 0 Å². The molecule has 0 heterocycles. The Morgan fingerprint density at radius 1 is 1.00 bits per heavy atom. The Balaban J connectivity index is 0.000000487. The van der Waals surface area contributed by atoms with Gasteiger partial charge >= 0.3 is 0 Å². The molecule has 92 valence electrons. The first kappa shape index (κ1) is 15.0. The van der Waals surface area contributed by atoms with Gasteiger partial charge in [-0.2, -0.15) is 0 Å². The van der Waals surface area contributed by atoms with Crippen LogP contribution in [0.1, 0.15) is 53.0 Å². The molecule has 0 amide bonds. The molecule has 0 aliphatic heterocycles. The second kappa shape index (κ2) is 7.32. The molecule has 0 unspecified atom stereocenters. The summed E-state index contributed by atoms with van der Waals surface area (Å²) in [4.78, 5) is 0. The Labute approximate surface area is 101 Å². The van der Waals surface area contributed by atoms with E-state index in [4.69, 9.17) is 4.74 Å². The van der Waals surface area contributed by atoms with Crippen LogP contribution in [0.5, 0.6) is 5.75 Å². The fourth-order valence-corrected chi connectivity index (χ4v) is 1.26. The Morgan fingerprint density at radius 3 is 1.81 bits per heavy atom.